The topological polar surface area (TPSA) is 19.7 Å². The van der Waals surface area contributed by atoms with E-state index in [1.165, 1.54) is 38.5 Å². The molecule has 88 valence electrons. The third-order valence-electron chi connectivity index (χ3n) is 2.75. The van der Waals surface area contributed by atoms with Gasteiger partial charge in [0.1, 0.15) is 18.4 Å². The van der Waals surface area contributed by atoms with E-state index in [1.807, 2.05) is 6.20 Å². The molecule has 1 atom stereocenters. The first kappa shape index (κ1) is 14.7. The molecule has 1 unspecified atom stereocenters. The molecule has 0 aliphatic carbocycles. The van der Waals surface area contributed by atoms with Crippen molar-refractivity contribution >= 4 is 0 Å². The summed E-state index contributed by atoms with van der Waals surface area (Å²) in [4.78, 5) is 3.12. The molecule has 0 aromatic carbocycles. The smallest absolute Gasteiger partial charge is 0.241 e. The highest BCUT2D eigenvalue weighted by Gasteiger charge is 2.13. The molecule has 0 bridgehead atoms. The lowest BCUT2D eigenvalue weighted by Gasteiger charge is -2.12. The zero-order valence-electron chi connectivity index (χ0n) is 9.88. The number of H-pyrrole nitrogens is 1. The van der Waals surface area contributed by atoms with Gasteiger partial charge < -0.3 is 17.0 Å². The Labute approximate surface area is 104 Å². The van der Waals surface area contributed by atoms with E-state index < -0.39 is 0 Å². The lowest BCUT2D eigenvalue weighted by atomic mass is 10.0. The van der Waals surface area contributed by atoms with Gasteiger partial charge in [-0.25, -0.2) is 4.57 Å². The maximum absolute atomic E-state index is 3.12. The van der Waals surface area contributed by atoms with Crippen LogP contribution in [-0.2, 0) is 0 Å². The number of hydrogen-bond acceptors (Lipinski definition) is 0. The van der Waals surface area contributed by atoms with Gasteiger partial charge in [-0.2, -0.15) is 0 Å². The van der Waals surface area contributed by atoms with E-state index in [4.69, 9.17) is 0 Å². The van der Waals surface area contributed by atoms with Crippen molar-refractivity contribution in [1.82, 2.24) is 4.98 Å². The first-order chi connectivity index (χ1) is 6.88. The molecule has 0 aliphatic rings. The Morgan fingerprint density at radius 2 is 1.93 bits per heavy atom. The van der Waals surface area contributed by atoms with Gasteiger partial charge in [0.05, 0.1) is 0 Å². The van der Waals surface area contributed by atoms with Crippen LogP contribution in [-0.4, -0.2) is 4.98 Å². The van der Waals surface area contributed by atoms with Crippen LogP contribution in [0.3, 0.4) is 0 Å². The summed E-state index contributed by atoms with van der Waals surface area (Å²) in [5.41, 5.74) is 0. The van der Waals surface area contributed by atoms with Gasteiger partial charge in [0.2, 0.25) is 6.33 Å². The average Bonchev–Trinajstić information content (AvgIpc) is 2.70. The van der Waals surface area contributed by atoms with Crippen LogP contribution in [0, 0.1) is 0 Å². The van der Waals surface area contributed by atoms with Crippen molar-refractivity contribution in [2.24, 2.45) is 0 Å². The highest BCUT2D eigenvalue weighted by molar-refractivity contribution is 4.60. The number of nitrogens with zero attached hydrogens (tertiary/aromatic N) is 1. The minimum atomic E-state index is 0. The van der Waals surface area contributed by atoms with Crippen LogP contribution in [0.4, 0.5) is 0 Å². The average molecular weight is 275 g/mol. The van der Waals surface area contributed by atoms with E-state index in [-0.39, 0.29) is 17.0 Å². The van der Waals surface area contributed by atoms with Gasteiger partial charge in [0.15, 0.2) is 0 Å². The van der Waals surface area contributed by atoms with Crippen molar-refractivity contribution in [1.29, 1.82) is 0 Å². The van der Waals surface area contributed by atoms with Crippen molar-refractivity contribution in [3.05, 3.63) is 18.7 Å². The minimum absolute atomic E-state index is 0. The van der Waals surface area contributed by atoms with E-state index >= 15 is 0 Å². The molecule has 1 N–H and O–H groups in total. The van der Waals surface area contributed by atoms with Crippen molar-refractivity contribution in [3.63, 3.8) is 0 Å². The van der Waals surface area contributed by atoms with Gasteiger partial charge in [0.25, 0.3) is 0 Å². The zero-order chi connectivity index (χ0) is 10.2. The molecular formula is C12H23BrN2. The molecule has 0 saturated heterocycles. The van der Waals surface area contributed by atoms with Crippen LogP contribution in [0.15, 0.2) is 18.7 Å². The molecule has 0 fully saturated rings. The van der Waals surface area contributed by atoms with Crippen LogP contribution < -0.4 is 21.5 Å². The van der Waals surface area contributed by atoms with Gasteiger partial charge in [-0.15, -0.1) is 0 Å². The SMILES string of the molecule is CCCCCC(CCC)[n+]1cc[nH]c1.[Br-]. The molecule has 2 nitrogen and oxygen atoms in total. The number of aromatic amines is 1. The van der Waals surface area contributed by atoms with Gasteiger partial charge in [-0.05, 0) is 19.3 Å². The molecule has 0 aliphatic heterocycles. The fraction of sp³-hybridized carbons (Fsp3) is 0.750. The molecule has 0 amide bonds. The zero-order valence-corrected chi connectivity index (χ0v) is 11.5. The molecule has 0 spiro atoms. The van der Waals surface area contributed by atoms with Gasteiger partial charge in [0, 0.05) is 0 Å². The Morgan fingerprint density at radius 1 is 1.13 bits per heavy atom. The fourth-order valence-electron chi connectivity index (χ4n) is 1.93. The number of rotatable bonds is 7. The Hall–Kier alpha value is -0.310. The Kier molecular flexibility index (Phi) is 8.77. The molecular weight excluding hydrogens is 252 g/mol. The quantitative estimate of drug-likeness (QED) is 0.543. The number of unbranched alkanes of at least 4 members (excludes halogenated alkanes) is 2. The molecule has 1 rings (SSSR count). The van der Waals surface area contributed by atoms with Crippen LogP contribution in [0.5, 0.6) is 0 Å². The molecule has 0 saturated carbocycles. The first-order valence-corrected chi connectivity index (χ1v) is 5.92. The Morgan fingerprint density at radius 3 is 2.47 bits per heavy atom. The highest BCUT2D eigenvalue weighted by Crippen LogP contribution is 2.15. The summed E-state index contributed by atoms with van der Waals surface area (Å²) in [7, 11) is 0. The summed E-state index contributed by atoms with van der Waals surface area (Å²) in [6, 6.07) is 0.706. The predicted octanol–water partition coefficient (Wildman–Crippen LogP) is 0.228. The number of aromatic nitrogens is 2. The second-order valence-electron chi connectivity index (χ2n) is 4.00. The van der Waals surface area contributed by atoms with Crippen molar-refractivity contribution in [3.8, 4) is 0 Å². The normalized spacial score (nSPS) is 12.1. The number of halogens is 1. The molecule has 1 aromatic rings. The van der Waals surface area contributed by atoms with E-state index in [0.29, 0.717) is 6.04 Å². The maximum Gasteiger partial charge on any atom is 0.241 e. The van der Waals surface area contributed by atoms with Crippen LogP contribution >= 0.6 is 0 Å². The minimum Gasteiger partial charge on any atom is -1.00 e. The highest BCUT2D eigenvalue weighted by atomic mass is 79.9. The van der Waals surface area contributed by atoms with E-state index in [0.717, 1.165) is 0 Å². The van der Waals surface area contributed by atoms with Gasteiger partial charge in [-0.3, -0.25) is 4.98 Å². The molecule has 1 heterocycles. The third-order valence-corrected chi connectivity index (χ3v) is 2.75. The van der Waals surface area contributed by atoms with E-state index in [2.05, 4.69) is 35.9 Å². The number of imidazole rings is 1. The molecule has 0 radical (unpaired) electrons. The van der Waals surface area contributed by atoms with Crippen LogP contribution in [0.25, 0.3) is 0 Å². The summed E-state index contributed by atoms with van der Waals surface area (Å²) < 4.78 is 2.32. The summed E-state index contributed by atoms with van der Waals surface area (Å²) in [5.74, 6) is 0. The number of nitrogens with one attached hydrogen (secondary N) is 1. The second kappa shape index (κ2) is 8.96. The molecule has 1 aromatic heterocycles. The van der Waals surface area contributed by atoms with Crippen molar-refractivity contribution in [2.75, 3.05) is 0 Å². The van der Waals surface area contributed by atoms with E-state index in [1.54, 1.807) is 0 Å². The van der Waals surface area contributed by atoms with Crippen molar-refractivity contribution in [2.45, 2.75) is 58.4 Å². The largest absolute Gasteiger partial charge is 1.00 e. The fourth-order valence-corrected chi connectivity index (χ4v) is 1.93. The van der Waals surface area contributed by atoms with Gasteiger partial charge in [-0.1, -0.05) is 33.1 Å². The lowest BCUT2D eigenvalue weighted by molar-refractivity contribution is -0.723. The third kappa shape index (κ3) is 5.36. The van der Waals surface area contributed by atoms with E-state index in [9.17, 15) is 0 Å². The maximum atomic E-state index is 3.12. The van der Waals surface area contributed by atoms with Gasteiger partial charge >= 0.3 is 0 Å². The van der Waals surface area contributed by atoms with Crippen LogP contribution in [0.2, 0.25) is 0 Å². The summed E-state index contributed by atoms with van der Waals surface area (Å²) >= 11 is 0. The first-order valence-electron chi connectivity index (χ1n) is 5.92. The summed E-state index contributed by atoms with van der Waals surface area (Å²) in [6.07, 6.45) is 14.2. The summed E-state index contributed by atoms with van der Waals surface area (Å²) in [6.45, 7) is 4.53. The Balaban J connectivity index is 0.00000196. The molecule has 3 heteroatoms. The van der Waals surface area contributed by atoms with Crippen LogP contribution in [0.1, 0.15) is 58.4 Å². The summed E-state index contributed by atoms with van der Waals surface area (Å²) in [5, 5.41) is 0. The predicted molar refractivity (Wildman–Crippen MR) is 59.1 cm³/mol. The van der Waals surface area contributed by atoms with Crippen molar-refractivity contribution < 1.29 is 21.5 Å². The molecule has 15 heavy (non-hydrogen) atoms. The lowest BCUT2D eigenvalue weighted by Crippen LogP contribution is -3.00. The second-order valence-corrected chi connectivity index (χ2v) is 4.00. The standard InChI is InChI=1S/C12H22N2.BrH/c1-3-5-6-8-12(7-4-2)14-10-9-13-11-14;/h9-12H,3-8H2,1-2H3;1H. The number of hydrogen-bond donors (Lipinski definition) is 1. The Bertz CT molecular complexity index is 222. The monoisotopic (exact) mass is 274 g/mol.